The quantitative estimate of drug-likeness (QED) is 0.454. The molecule has 0 atom stereocenters. The number of non-ortho nitro benzene ring substituents is 1. The molecule has 2 aromatic rings. The van der Waals surface area contributed by atoms with Gasteiger partial charge in [0.25, 0.3) is 11.6 Å². The molecule has 0 saturated carbocycles. The molecule has 0 aromatic heterocycles. The Hall–Kier alpha value is -2.93. The number of hydrogen-bond donors (Lipinski definition) is 3. The van der Waals surface area contributed by atoms with Gasteiger partial charge >= 0.3 is 0 Å². The Morgan fingerprint density at radius 1 is 1.19 bits per heavy atom. The highest BCUT2D eigenvalue weighted by Crippen LogP contribution is 2.23. The van der Waals surface area contributed by atoms with E-state index >= 15 is 0 Å². The molecule has 0 radical (unpaired) electrons. The number of nitrogens with one attached hydrogen (secondary N) is 2. The maximum Gasteiger partial charge on any atom is 0.269 e. The van der Waals surface area contributed by atoms with Gasteiger partial charge in [0.15, 0.2) is 0 Å². The number of benzene rings is 2. The maximum atomic E-state index is 12.2. The highest BCUT2D eigenvalue weighted by Gasteiger charge is 2.13. The summed E-state index contributed by atoms with van der Waals surface area (Å²) in [6.07, 6.45) is 0. The van der Waals surface area contributed by atoms with Gasteiger partial charge in [0.1, 0.15) is 0 Å². The van der Waals surface area contributed by atoms with Crippen molar-refractivity contribution < 1.29 is 9.72 Å². The molecule has 0 unspecified atom stereocenters. The van der Waals surface area contributed by atoms with Gasteiger partial charge in [-0.1, -0.05) is 12.1 Å². The molecular formula is C14H14N4O3. The van der Waals surface area contributed by atoms with Gasteiger partial charge < -0.3 is 10.7 Å². The first kappa shape index (κ1) is 14.5. The number of nitrogens with zero attached hydrogens (tertiary/aromatic N) is 1. The van der Waals surface area contributed by atoms with E-state index in [4.69, 9.17) is 5.84 Å². The van der Waals surface area contributed by atoms with E-state index < -0.39 is 4.92 Å². The van der Waals surface area contributed by atoms with Gasteiger partial charge in [-0.2, -0.15) is 0 Å². The van der Waals surface area contributed by atoms with Crippen molar-refractivity contribution in [3.8, 4) is 0 Å². The van der Waals surface area contributed by atoms with E-state index in [1.807, 2.05) is 0 Å². The van der Waals surface area contributed by atoms with E-state index in [-0.39, 0.29) is 11.6 Å². The van der Waals surface area contributed by atoms with Gasteiger partial charge in [-0.15, -0.1) is 0 Å². The monoisotopic (exact) mass is 286 g/mol. The average Bonchev–Trinajstić information content (AvgIpc) is 2.48. The largest absolute Gasteiger partial charge is 0.323 e. The van der Waals surface area contributed by atoms with Gasteiger partial charge in [0.05, 0.1) is 16.2 Å². The van der Waals surface area contributed by atoms with Gasteiger partial charge in [0.2, 0.25) is 0 Å². The lowest BCUT2D eigenvalue weighted by molar-refractivity contribution is -0.384. The van der Waals surface area contributed by atoms with Crippen molar-refractivity contribution in [3.05, 3.63) is 63.7 Å². The minimum absolute atomic E-state index is 0.0190. The number of nitrogens with two attached hydrogens (primary N) is 1. The summed E-state index contributed by atoms with van der Waals surface area (Å²) in [6.45, 7) is 1.69. The Bertz CT molecular complexity index is 700. The molecule has 7 heteroatoms. The summed E-state index contributed by atoms with van der Waals surface area (Å²) in [5, 5.41) is 13.4. The Morgan fingerprint density at radius 2 is 1.90 bits per heavy atom. The summed E-state index contributed by atoms with van der Waals surface area (Å²) in [7, 11) is 0. The molecule has 0 fully saturated rings. The van der Waals surface area contributed by atoms with Crippen LogP contribution in [0, 0.1) is 17.0 Å². The fraction of sp³-hybridized carbons (Fsp3) is 0.0714. The van der Waals surface area contributed by atoms with Crippen LogP contribution >= 0.6 is 0 Å². The molecule has 21 heavy (non-hydrogen) atoms. The molecule has 4 N–H and O–H groups in total. The van der Waals surface area contributed by atoms with Crippen molar-refractivity contribution in [1.29, 1.82) is 0 Å². The first-order valence-corrected chi connectivity index (χ1v) is 6.15. The molecule has 0 saturated heterocycles. The fourth-order valence-electron chi connectivity index (χ4n) is 1.90. The van der Waals surface area contributed by atoms with E-state index in [1.54, 1.807) is 31.2 Å². The van der Waals surface area contributed by atoms with Gasteiger partial charge in [0, 0.05) is 17.8 Å². The van der Waals surface area contributed by atoms with Gasteiger partial charge in [-0.3, -0.25) is 20.8 Å². The van der Waals surface area contributed by atoms with Crippen LogP contribution in [0.5, 0.6) is 0 Å². The molecule has 0 aliphatic rings. The molecule has 0 bridgehead atoms. The molecule has 0 aliphatic carbocycles. The predicted molar refractivity (Wildman–Crippen MR) is 80.0 cm³/mol. The van der Waals surface area contributed by atoms with Crippen molar-refractivity contribution in [3.63, 3.8) is 0 Å². The normalized spacial score (nSPS) is 10.0. The third-order valence-corrected chi connectivity index (χ3v) is 3.00. The Labute approximate surface area is 120 Å². The maximum absolute atomic E-state index is 12.2. The number of nitro groups is 1. The lowest BCUT2D eigenvalue weighted by Crippen LogP contribution is -2.17. The average molecular weight is 286 g/mol. The second-order valence-corrected chi connectivity index (χ2v) is 4.40. The van der Waals surface area contributed by atoms with Crippen molar-refractivity contribution in [2.75, 3.05) is 10.7 Å². The molecule has 2 aromatic carbocycles. The minimum Gasteiger partial charge on any atom is -0.323 e. The molecule has 2 rings (SSSR count). The van der Waals surface area contributed by atoms with Crippen LogP contribution < -0.4 is 16.6 Å². The fourth-order valence-corrected chi connectivity index (χ4v) is 1.90. The van der Waals surface area contributed by atoms with Crippen LogP contribution in [0.2, 0.25) is 0 Å². The summed E-state index contributed by atoms with van der Waals surface area (Å²) in [5.41, 5.74) is 4.43. The molecular weight excluding hydrogens is 272 g/mol. The van der Waals surface area contributed by atoms with Gasteiger partial charge in [-0.25, -0.2) is 0 Å². The SMILES string of the molecule is Cc1cc([N+](=O)[O-])ccc1NC(=O)c1ccccc1NN. The third kappa shape index (κ3) is 3.15. The van der Waals surface area contributed by atoms with E-state index in [1.165, 1.54) is 18.2 Å². The lowest BCUT2D eigenvalue weighted by atomic mass is 10.1. The number of aryl methyl sites for hydroxylation is 1. The number of hydrogen-bond acceptors (Lipinski definition) is 5. The lowest BCUT2D eigenvalue weighted by Gasteiger charge is -2.11. The van der Waals surface area contributed by atoms with Crippen LogP contribution in [0.15, 0.2) is 42.5 Å². The molecule has 0 heterocycles. The molecule has 0 spiro atoms. The van der Waals surface area contributed by atoms with E-state index in [9.17, 15) is 14.9 Å². The standard InChI is InChI=1S/C14H14N4O3/c1-9-8-10(18(20)21)6-7-12(9)16-14(19)11-4-2-3-5-13(11)17-15/h2-8,17H,15H2,1H3,(H,16,19). The number of anilines is 2. The zero-order valence-corrected chi connectivity index (χ0v) is 11.3. The van der Waals surface area contributed by atoms with Crippen LogP contribution in [0.25, 0.3) is 0 Å². The summed E-state index contributed by atoms with van der Waals surface area (Å²) in [6, 6.07) is 11.0. The number of carbonyl (C=O) groups excluding carboxylic acids is 1. The highest BCUT2D eigenvalue weighted by molar-refractivity contribution is 6.08. The zero-order chi connectivity index (χ0) is 15.4. The van der Waals surface area contributed by atoms with Crippen LogP contribution in [-0.4, -0.2) is 10.8 Å². The number of nitrogen functional groups attached to an aromatic ring is 1. The second-order valence-electron chi connectivity index (χ2n) is 4.40. The van der Waals surface area contributed by atoms with Crippen LogP contribution in [0.4, 0.5) is 17.1 Å². The highest BCUT2D eigenvalue weighted by atomic mass is 16.6. The molecule has 1 amide bonds. The smallest absolute Gasteiger partial charge is 0.269 e. The summed E-state index contributed by atoms with van der Waals surface area (Å²) >= 11 is 0. The summed E-state index contributed by atoms with van der Waals surface area (Å²) in [4.78, 5) is 22.4. The number of rotatable bonds is 4. The van der Waals surface area contributed by atoms with Gasteiger partial charge in [-0.05, 0) is 30.7 Å². The second kappa shape index (κ2) is 6.02. The predicted octanol–water partition coefficient (Wildman–Crippen LogP) is 2.44. The first-order chi connectivity index (χ1) is 10.0. The number of amides is 1. The Kier molecular flexibility index (Phi) is 4.15. The van der Waals surface area contributed by atoms with Crippen LogP contribution in [0.3, 0.4) is 0 Å². The third-order valence-electron chi connectivity index (χ3n) is 3.00. The van der Waals surface area contributed by atoms with E-state index in [2.05, 4.69) is 10.7 Å². The van der Waals surface area contributed by atoms with E-state index in [0.717, 1.165) is 0 Å². The van der Waals surface area contributed by atoms with E-state index in [0.29, 0.717) is 22.5 Å². The van der Waals surface area contributed by atoms with Crippen LogP contribution in [0.1, 0.15) is 15.9 Å². The zero-order valence-electron chi connectivity index (χ0n) is 11.3. The Balaban J connectivity index is 2.26. The number of nitro benzene ring substituents is 1. The molecule has 7 nitrogen and oxygen atoms in total. The number of hydrazine groups is 1. The van der Waals surface area contributed by atoms with Crippen molar-refractivity contribution in [2.45, 2.75) is 6.92 Å². The minimum atomic E-state index is -0.480. The Morgan fingerprint density at radius 3 is 2.52 bits per heavy atom. The van der Waals surface area contributed by atoms with Crippen LogP contribution in [-0.2, 0) is 0 Å². The number of carbonyl (C=O) groups is 1. The first-order valence-electron chi connectivity index (χ1n) is 6.15. The summed E-state index contributed by atoms with van der Waals surface area (Å²) in [5.74, 6) is 5.01. The number of para-hydroxylation sites is 1. The summed E-state index contributed by atoms with van der Waals surface area (Å²) < 4.78 is 0. The van der Waals surface area contributed by atoms with Crippen molar-refractivity contribution in [2.24, 2.45) is 5.84 Å². The van der Waals surface area contributed by atoms with Crippen molar-refractivity contribution in [1.82, 2.24) is 0 Å². The van der Waals surface area contributed by atoms with Crippen molar-refractivity contribution >= 4 is 23.0 Å². The molecule has 0 aliphatic heterocycles. The topological polar surface area (TPSA) is 110 Å². The molecule has 108 valence electrons.